The molecule has 166 valence electrons. The highest BCUT2D eigenvalue weighted by Gasteiger charge is 2.32. The molecule has 0 spiro atoms. The molecule has 0 amide bonds. The van der Waals surface area contributed by atoms with E-state index in [9.17, 15) is 21.6 Å². The van der Waals surface area contributed by atoms with Crippen LogP contribution in [0.1, 0.15) is 5.89 Å². The van der Waals surface area contributed by atoms with Gasteiger partial charge >= 0.3 is 6.36 Å². The molecule has 1 fully saturated rings. The van der Waals surface area contributed by atoms with Crippen LogP contribution in [0.25, 0.3) is 11.6 Å². The molecule has 1 aliphatic heterocycles. The molecule has 2 aromatic heterocycles. The monoisotopic (exact) mass is 458 g/mol. The molecule has 0 unspecified atom stereocenters. The number of rotatable bonds is 6. The number of sulfonamides is 1. The van der Waals surface area contributed by atoms with Crippen LogP contribution in [0.2, 0.25) is 0 Å². The van der Waals surface area contributed by atoms with Gasteiger partial charge in [-0.1, -0.05) is 5.16 Å². The maximum atomic E-state index is 12.8. The fourth-order valence-electron chi connectivity index (χ4n) is 3.11. The second kappa shape index (κ2) is 8.32. The van der Waals surface area contributed by atoms with Crippen LogP contribution >= 0.6 is 0 Å². The van der Waals surface area contributed by atoms with Crippen LogP contribution in [0.3, 0.4) is 0 Å². The molecular formula is C18H17F3N4O5S. The minimum Gasteiger partial charge on any atom is -0.461 e. The van der Waals surface area contributed by atoms with Crippen molar-refractivity contribution in [2.45, 2.75) is 17.8 Å². The predicted molar refractivity (Wildman–Crippen MR) is 99.2 cm³/mol. The molecule has 0 bridgehead atoms. The number of hydrogen-bond acceptors (Lipinski definition) is 8. The Morgan fingerprint density at radius 3 is 2.39 bits per heavy atom. The summed E-state index contributed by atoms with van der Waals surface area (Å²) in [6.07, 6.45) is -3.34. The van der Waals surface area contributed by atoms with Gasteiger partial charge in [0.25, 0.3) is 0 Å². The Hall–Kier alpha value is -2.90. The summed E-state index contributed by atoms with van der Waals surface area (Å²) >= 11 is 0. The molecule has 0 radical (unpaired) electrons. The number of nitrogens with zero attached hydrogens (tertiary/aromatic N) is 4. The molecule has 31 heavy (non-hydrogen) atoms. The van der Waals surface area contributed by atoms with E-state index < -0.39 is 22.1 Å². The summed E-state index contributed by atoms with van der Waals surface area (Å²) in [5.41, 5.74) is 0. The summed E-state index contributed by atoms with van der Waals surface area (Å²) in [4.78, 5) is 6.12. The van der Waals surface area contributed by atoms with Gasteiger partial charge in [0, 0.05) is 26.2 Å². The molecule has 13 heteroatoms. The minimum absolute atomic E-state index is 0.101. The zero-order chi connectivity index (χ0) is 22.1. The van der Waals surface area contributed by atoms with Crippen LogP contribution in [-0.2, 0) is 16.6 Å². The molecule has 1 saturated heterocycles. The summed E-state index contributed by atoms with van der Waals surface area (Å²) in [5.74, 6) is 0.712. The van der Waals surface area contributed by atoms with Crippen molar-refractivity contribution in [2.24, 2.45) is 0 Å². The lowest BCUT2D eigenvalue weighted by molar-refractivity contribution is -0.274. The first-order valence-electron chi connectivity index (χ1n) is 9.15. The molecule has 9 nitrogen and oxygen atoms in total. The number of benzene rings is 1. The quantitative estimate of drug-likeness (QED) is 0.556. The van der Waals surface area contributed by atoms with Crippen molar-refractivity contribution in [3.05, 3.63) is 48.6 Å². The van der Waals surface area contributed by atoms with Gasteiger partial charge < -0.3 is 13.7 Å². The van der Waals surface area contributed by atoms with Crippen LogP contribution in [0, 0.1) is 0 Å². The molecule has 0 saturated carbocycles. The third kappa shape index (κ3) is 5.06. The van der Waals surface area contributed by atoms with Gasteiger partial charge in [0.05, 0.1) is 17.7 Å². The van der Waals surface area contributed by atoms with Gasteiger partial charge in [-0.15, -0.1) is 13.2 Å². The molecule has 4 rings (SSSR count). The van der Waals surface area contributed by atoms with Gasteiger partial charge in [-0.05, 0) is 36.4 Å². The Labute approximate surface area is 175 Å². The Morgan fingerprint density at radius 1 is 1.06 bits per heavy atom. The number of alkyl halides is 3. The van der Waals surface area contributed by atoms with E-state index >= 15 is 0 Å². The van der Waals surface area contributed by atoms with E-state index in [4.69, 9.17) is 8.94 Å². The molecule has 0 aliphatic carbocycles. The van der Waals surface area contributed by atoms with Crippen molar-refractivity contribution in [1.82, 2.24) is 19.3 Å². The highest BCUT2D eigenvalue weighted by molar-refractivity contribution is 7.89. The fourth-order valence-corrected chi connectivity index (χ4v) is 4.53. The molecule has 1 aliphatic rings. The fraction of sp³-hybridized carbons (Fsp3) is 0.333. The molecular weight excluding hydrogens is 441 g/mol. The average Bonchev–Trinajstić information content (AvgIpc) is 3.39. The number of ether oxygens (including phenoxy) is 1. The van der Waals surface area contributed by atoms with Gasteiger partial charge in [-0.25, -0.2) is 8.42 Å². The lowest BCUT2D eigenvalue weighted by Crippen LogP contribution is -2.48. The third-order valence-corrected chi connectivity index (χ3v) is 6.51. The van der Waals surface area contributed by atoms with Crippen molar-refractivity contribution in [2.75, 3.05) is 26.2 Å². The summed E-state index contributed by atoms with van der Waals surface area (Å²) in [6, 6.07) is 7.56. The first kappa shape index (κ1) is 21.3. The number of aromatic nitrogens is 2. The van der Waals surface area contributed by atoms with E-state index in [0.717, 1.165) is 24.3 Å². The second-order valence-corrected chi connectivity index (χ2v) is 8.63. The van der Waals surface area contributed by atoms with Crippen LogP contribution in [0.5, 0.6) is 5.75 Å². The normalized spacial score (nSPS) is 16.5. The van der Waals surface area contributed by atoms with E-state index in [0.29, 0.717) is 37.1 Å². The maximum absolute atomic E-state index is 12.8. The Bertz CT molecular complexity index is 1110. The minimum atomic E-state index is -4.84. The van der Waals surface area contributed by atoms with Crippen LogP contribution in [0.4, 0.5) is 13.2 Å². The molecule has 0 atom stereocenters. The lowest BCUT2D eigenvalue weighted by atomic mass is 10.3. The topological polar surface area (TPSA) is 102 Å². The van der Waals surface area contributed by atoms with Gasteiger partial charge in [-0.3, -0.25) is 4.90 Å². The SMILES string of the molecule is O=S(=O)(c1ccc(OC(F)(F)F)cc1)N1CCN(Cc2nc(-c3ccco3)no2)CC1. The maximum Gasteiger partial charge on any atom is 0.573 e. The molecule has 1 aromatic carbocycles. The van der Waals surface area contributed by atoms with E-state index in [1.165, 1.54) is 10.6 Å². The van der Waals surface area contributed by atoms with Crippen molar-refractivity contribution in [3.8, 4) is 17.3 Å². The average molecular weight is 458 g/mol. The van der Waals surface area contributed by atoms with Crippen LogP contribution in [-0.4, -0.2) is 60.3 Å². The van der Waals surface area contributed by atoms with Gasteiger partial charge in [0.2, 0.25) is 21.7 Å². The van der Waals surface area contributed by atoms with E-state index in [1.807, 2.05) is 4.90 Å². The number of piperazine rings is 1. The first-order chi connectivity index (χ1) is 14.7. The van der Waals surface area contributed by atoms with E-state index in [-0.39, 0.29) is 18.0 Å². The molecule has 3 aromatic rings. The molecule has 0 N–H and O–H groups in total. The Balaban J connectivity index is 1.34. The Morgan fingerprint density at radius 2 is 1.77 bits per heavy atom. The van der Waals surface area contributed by atoms with Crippen LogP contribution in [0.15, 0.2) is 56.5 Å². The number of furan rings is 1. The van der Waals surface area contributed by atoms with E-state index in [1.54, 1.807) is 12.1 Å². The number of hydrogen-bond donors (Lipinski definition) is 0. The first-order valence-corrected chi connectivity index (χ1v) is 10.6. The molecule has 3 heterocycles. The second-order valence-electron chi connectivity index (χ2n) is 6.69. The third-order valence-electron chi connectivity index (χ3n) is 4.59. The standard InChI is InChI=1S/C18H17F3N4O5S/c19-18(20,21)29-13-3-5-14(6-4-13)31(26,27)25-9-7-24(8-10-25)12-16-22-17(23-30-16)15-2-1-11-28-15/h1-6,11H,7-10,12H2. The summed E-state index contributed by atoms with van der Waals surface area (Å²) in [5, 5.41) is 3.85. The highest BCUT2D eigenvalue weighted by Crippen LogP contribution is 2.25. The summed E-state index contributed by atoms with van der Waals surface area (Å²) in [7, 11) is -3.84. The van der Waals surface area contributed by atoms with Crippen molar-refractivity contribution < 1.29 is 35.3 Å². The zero-order valence-electron chi connectivity index (χ0n) is 15.9. The predicted octanol–water partition coefficient (Wildman–Crippen LogP) is 2.73. The largest absolute Gasteiger partial charge is 0.573 e. The van der Waals surface area contributed by atoms with Crippen molar-refractivity contribution in [3.63, 3.8) is 0 Å². The van der Waals surface area contributed by atoms with Gasteiger partial charge in [0.1, 0.15) is 5.75 Å². The smallest absolute Gasteiger partial charge is 0.461 e. The number of halogens is 3. The summed E-state index contributed by atoms with van der Waals surface area (Å²) < 4.78 is 77.8. The Kier molecular flexibility index (Phi) is 5.73. The highest BCUT2D eigenvalue weighted by atomic mass is 32.2. The zero-order valence-corrected chi connectivity index (χ0v) is 16.8. The van der Waals surface area contributed by atoms with E-state index in [2.05, 4.69) is 14.9 Å². The van der Waals surface area contributed by atoms with Gasteiger partial charge in [0.15, 0.2) is 5.76 Å². The van der Waals surface area contributed by atoms with Crippen molar-refractivity contribution >= 4 is 10.0 Å². The van der Waals surface area contributed by atoms with Crippen molar-refractivity contribution in [1.29, 1.82) is 0 Å². The summed E-state index contributed by atoms with van der Waals surface area (Å²) in [6.45, 7) is 1.62. The lowest BCUT2D eigenvalue weighted by Gasteiger charge is -2.33. The van der Waals surface area contributed by atoms with Crippen LogP contribution < -0.4 is 4.74 Å². The van der Waals surface area contributed by atoms with Gasteiger partial charge in [-0.2, -0.15) is 9.29 Å².